The number of alkyl halides is 2. The third-order valence-electron chi connectivity index (χ3n) is 3.85. The minimum Gasteiger partial charge on any atom is -0.368 e. The molecule has 1 aromatic carbocycles. The minimum atomic E-state index is -1.45. The summed E-state index contributed by atoms with van der Waals surface area (Å²) >= 11 is 11.8. The van der Waals surface area contributed by atoms with Gasteiger partial charge in [0.2, 0.25) is 0 Å². The molecule has 7 heteroatoms. The van der Waals surface area contributed by atoms with Crippen molar-refractivity contribution in [2.45, 2.75) is 42.0 Å². The number of benzene rings is 1. The van der Waals surface area contributed by atoms with Gasteiger partial charge in [0.1, 0.15) is 18.3 Å². The highest BCUT2D eigenvalue weighted by atomic mass is 35.5. The van der Waals surface area contributed by atoms with Crippen LogP contribution in [0.4, 0.5) is 0 Å². The van der Waals surface area contributed by atoms with Gasteiger partial charge in [0, 0.05) is 0 Å². The molecule has 5 nitrogen and oxygen atoms in total. The summed E-state index contributed by atoms with van der Waals surface area (Å²) in [6.07, 6.45) is -1.47. The molecule has 4 heterocycles. The van der Waals surface area contributed by atoms with Crippen molar-refractivity contribution < 1.29 is 23.7 Å². The molecule has 21 heavy (non-hydrogen) atoms. The first-order valence-electron chi connectivity index (χ1n) is 6.77. The van der Waals surface area contributed by atoms with E-state index in [-0.39, 0.29) is 24.9 Å². The molecular formula is C14H14Cl2O5. The van der Waals surface area contributed by atoms with Gasteiger partial charge in [0.15, 0.2) is 11.1 Å². The topological polar surface area (TPSA) is 46.2 Å². The van der Waals surface area contributed by atoms with Crippen LogP contribution in [0.25, 0.3) is 0 Å². The second kappa shape index (κ2) is 5.35. The van der Waals surface area contributed by atoms with Gasteiger partial charge in [-0.25, -0.2) is 0 Å². The molecule has 114 valence electrons. The number of hydrogen-bond donors (Lipinski definition) is 0. The molecule has 1 unspecified atom stereocenters. The van der Waals surface area contributed by atoms with Crippen LogP contribution in [0.15, 0.2) is 30.3 Å². The fourth-order valence-electron chi connectivity index (χ4n) is 2.83. The molecule has 1 aromatic rings. The maximum absolute atomic E-state index is 5.96. The molecule has 0 aliphatic carbocycles. The second-order valence-electron chi connectivity index (χ2n) is 5.22. The standard InChI is InChI=1S/C14H14Cl2O5/c15-13(16)14-18-7-9-10(11(20-14)12(19-9)21-14)17-6-8-4-2-1-3-5-8/h1-5,9-13H,6-7H2/t9-,10-,11+,12+,14?/m1/s1. The van der Waals surface area contributed by atoms with Gasteiger partial charge >= 0.3 is 5.97 Å². The Kier molecular flexibility index (Phi) is 3.62. The van der Waals surface area contributed by atoms with E-state index in [0.717, 1.165) is 5.56 Å². The summed E-state index contributed by atoms with van der Waals surface area (Å²) in [4.78, 5) is -0.958. The Labute approximate surface area is 132 Å². The van der Waals surface area contributed by atoms with Crippen LogP contribution >= 0.6 is 23.2 Å². The lowest BCUT2D eigenvalue weighted by Crippen LogP contribution is -2.40. The molecular weight excluding hydrogens is 319 g/mol. The molecule has 0 saturated carbocycles. The van der Waals surface area contributed by atoms with Gasteiger partial charge in [-0.05, 0) is 5.56 Å². The SMILES string of the molecule is ClC(Cl)C12OC[C@H]3O[C@@H](O1)[C@@H](O2)[C@@H]3OCc1ccccc1. The largest absolute Gasteiger partial charge is 0.368 e. The molecule has 4 aliphatic heterocycles. The van der Waals surface area contributed by atoms with Crippen LogP contribution in [0.2, 0.25) is 0 Å². The Morgan fingerprint density at radius 2 is 2.05 bits per heavy atom. The van der Waals surface area contributed by atoms with Crippen molar-refractivity contribution in [3.8, 4) is 0 Å². The predicted octanol–water partition coefficient (Wildman–Crippen LogP) is 2.20. The fraction of sp³-hybridized carbons (Fsp3) is 0.571. The number of hydrogen-bond acceptors (Lipinski definition) is 5. The maximum Gasteiger partial charge on any atom is 0.317 e. The number of rotatable bonds is 4. The van der Waals surface area contributed by atoms with E-state index in [9.17, 15) is 0 Å². The molecule has 5 atom stereocenters. The van der Waals surface area contributed by atoms with Gasteiger partial charge < -0.3 is 18.9 Å². The van der Waals surface area contributed by atoms with Gasteiger partial charge in [0.25, 0.3) is 0 Å². The lowest BCUT2D eigenvalue weighted by atomic mass is 10.1. The van der Waals surface area contributed by atoms with Gasteiger partial charge in [0.05, 0.1) is 13.2 Å². The summed E-state index contributed by atoms with van der Waals surface area (Å²) in [5.41, 5.74) is 1.08. The average molecular weight is 333 g/mol. The summed E-state index contributed by atoms with van der Waals surface area (Å²) in [7, 11) is 0. The Bertz CT molecular complexity index is 513. The Hall–Kier alpha value is -0.400. The van der Waals surface area contributed by atoms with Gasteiger partial charge in [-0.3, -0.25) is 4.74 Å². The first-order valence-corrected chi connectivity index (χ1v) is 7.64. The number of ether oxygens (including phenoxy) is 5. The van der Waals surface area contributed by atoms with Crippen LogP contribution in [-0.4, -0.2) is 42.0 Å². The van der Waals surface area contributed by atoms with Gasteiger partial charge in [-0.1, -0.05) is 53.5 Å². The van der Waals surface area contributed by atoms with Crippen molar-refractivity contribution in [1.82, 2.24) is 0 Å². The van der Waals surface area contributed by atoms with Crippen molar-refractivity contribution in [3.05, 3.63) is 35.9 Å². The van der Waals surface area contributed by atoms with Gasteiger partial charge in [-0.2, -0.15) is 0 Å². The fourth-order valence-corrected chi connectivity index (χ4v) is 3.16. The van der Waals surface area contributed by atoms with Crippen LogP contribution < -0.4 is 0 Å². The molecule has 0 radical (unpaired) electrons. The summed E-state index contributed by atoms with van der Waals surface area (Å²) < 4.78 is 28.6. The van der Waals surface area contributed by atoms with Crippen LogP contribution in [0.5, 0.6) is 0 Å². The highest BCUT2D eigenvalue weighted by Gasteiger charge is 2.65. The number of halogens is 2. The molecule has 0 aromatic heterocycles. The lowest BCUT2D eigenvalue weighted by molar-refractivity contribution is -0.328. The van der Waals surface area contributed by atoms with E-state index in [0.29, 0.717) is 6.61 Å². The monoisotopic (exact) mass is 332 g/mol. The molecule has 5 rings (SSSR count). The van der Waals surface area contributed by atoms with E-state index in [1.54, 1.807) is 0 Å². The molecule has 0 amide bonds. The first-order chi connectivity index (χ1) is 10.2. The normalized spacial score (nSPS) is 40.9. The van der Waals surface area contributed by atoms with Crippen LogP contribution in [0.1, 0.15) is 5.56 Å². The first kappa shape index (κ1) is 14.2. The quantitative estimate of drug-likeness (QED) is 0.791. The third-order valence-corrected chi connectivity index (χ3v) is 4.38. The summed E-state index contributed by atoms with van der Waals surface area (Å²) in [6.45, 7) is 0.735. The van der Waals surface area contributed by atoms with Crippen LogP contribution in [0.3, 0.4) is 0 Å². The van der Waals surface area contributed by atoms with Crippen molar-refractivity contribution in [3.63, 3.8) is 0 Å². The summed E-state index contributed by atoms with van der Waals surface area (Å²) in [5, 5.41) is 0. The zero-order chi connectivity index (χ0) is 14.4. The second-order valence-corrected chi connectivity index (χ2v) is 6.32. The van der Waals surface area contributed by atoms with E-state index in [2.05, 4.69) is 0 Å². The molecule has 4 saturated heterocycles. The average Bonchev–Trinajstić information content (AvgIpc) is 2.83. The Morgan fingerprint density at radius 1 is 1.24 bits per heavy atom. The summed E-state index contributed by atoms with van der Waals surface area (Å²) in [5.74, 6) is -1.45. The molecule has 4 fully saturated rings. The zero-order valence-corrected chi connectivity index (χ0v) is 12.5. The van der Waals surface area contributed by atoms with E-state index < -0.39 is 17.1 Å². The van der Waals surface area contributed by atoms with Crippen molar-refractivity contribution in [1.29, 1.82) is 0 Å². The third kappa shape index (κ3) is 2.37. The molecule has 0 N–H and O–H groups in total. The van der Waals surface area contributed by atoms with E-state index in [1.165, 1.54) is 0 Å². The zero-order valence-electron chi connectivity index (χ0n) is 11.0. The minimum absolute atomic E-state index is 0.250. The van der Waals surface area contributed by atoms with Gasteiger partial charge in [-0.15, -0.1) is 0 Å². The van der Waals surface area contributed by atoms with E-state index >= 15 is 0 Å². The predicted molar refractivity (Wildman–Crippen MR) is 73.8 cm³/mol. The van der Waals surface area contributed by atoms with Crippen molar-refractivity contribution >= 4 is 23.2 Å². The van der Waals surface area contributed by atoms with E-state index in [1.807, 2.05) is 30.3 Å². The van der Waals surface area contributed by atoms with Crippen LogP contribution in [0, 0.1) is 0 Å². The number of fused-ring (bicyclic) bond motifs is 1. The van der Waals surface area contributed by atoms with E-state index in [4.69, 9.17) is 46.9 Å². The molecule has 4 bridgehead atoms. The maximum atomic E-state index is 5.96. The van der Waals surface area contributed by atoms with Crippen LogP contribution in [-0.2, 0) is 30.3 Å². The Balaban J connectivity index is 1.49. The highest BCUT2D eigenvalue weighted by Crippen LogP contribution is 2.47. The lowest BCUT2D eigenvalue weighted by Gasteiger charge is -2.26. The highest BCUT2D eigenvalue weighted by molar-refractivity contribution is 6.44. The Morgan fingerprint density at radius 3 is 2.81 bits per heavy atom. The van der Waals surface area contributed by atoms with Crippen molar-refractivity contribution in [2.75, 3.05) is 6.61 Å². The molecule has 4 aliphatic rings. The molecule has 0 spiro atoms. The smallest absolute Gasteiger partial charge is 0.317 e. The van der Waals surface area contributed by atoms with Crippen molar-refractivity contribution in [2.24, 2.45) is 0 Å². The summed E-state index contributed by atoms with van der Waals surface area (Å²) in [6, 6.07) is 9.91.